The fourth-order valence-corrected chi connectivity index (χ4v) is 2.53. The maximum absolute atomic E-state index is 10.6. The van der Waals surface area contributed by atoms with Crippen LogP contribution in [0.25, 0.3) is 0 Å². The summed E-state index contributed by atoms with van der Waals surface area (Å²) in [7, 11) is 0. The molecular formula is C14H16N4O2S. The lowest BCUT2D eigenvalue weighted by atomic mass is 10.3. The van der Waals surface area contributed by atoms with Crippen LogP contribution in [-0.2, 0) is 5.75 Å². The van der Waals surface area contributed by atoms with Gasteiger partial charge in [0.15, 0.2) is 0 Å². The molecule has 110 valence electrons. The molecule has 0 spiro atoms. The third-order valence-electron chi connectivity index (χ3n) is 2.67. The molecule has 2 rings (SSSR count). The quantitative estimate of drug-likeness (QED) is 0.500. The molecule has 21 heavy (non-hydrogen) atoms. The Labute approximate surface area is 127 Å². The van der Waals surface area contributed by atoms with Gasteiger partial charge in [-0.25, -0.2) is 9.97 Å². The first-order valence-electron chi connectivity index (χ1n) is 6.54. The van der Waals surface area contributed by atoms with E-state index in [0.29, 0.717) is 5.75 Å². The number of hydrogen-bond donors (Lipinski definition) is 1. The Hall–Kier alpha value is -2.15. The highest BCUT2D eigenvalue weighted by Crippen LogP contribution is 2.24. The molecule has 0 fully saturated rings. The van der Waals surface area contributed by atoms with Crippen LogP contribution >= 0.6 is 11.8 Å². The minimum Gasteiger partial charge on any atom is -0.370 e. The van der Waals surface area contributed by atoms with E-state index >= 15 is 0 Å². The van der Waals surface area contributed by atoms with Crippen molar-refractivity contribution >= 4 is 23.3 Å². The van der Waals surface area contributed by atoms with Gasteiger partial charge >= 0.3 is 0 Å². The molecule has 1 heterocycles. The highest BCUT2D eigenvalue weighted by atomic mass is 32.2. The number of aryl methyl sites for hydroxylation is 1. The second-order valence-corrected chi connectivity index (χ2v) is 5.43. The highest BCUT2D eigenvalue weighted by Gasteiger charge is 2.06. The predicted molar refractivity (Wildman–Crippen MR) is 83.6 cm³/mol. The van der Waals surface area contributed by atoms with Gasteiger partial charge in [-0.1, -0.05) is 0 Å². The van der Waals surface area contributed by atoms with Crippen molar-refractivity contribution in [2.75, 3.05) is 11.9 Å². The van der Waals surface area contributed by atoms with E-state index in [1.807, 2.05) is 19.9 Å². The average Bonchev–Trinajstić information content (AvgIpc) is 2.45. The largest absolute Gasteiger partial charge is 0.370 e. The summed E-state index contributed by atoms with van der Waals surface area (Å²) in [6.07, 6.45) is 0. The fourth-order valence-electron chi connectivity index (χ4n) is 1.78. The molecule has 0 bridgehead atoms. The van der Waals surface area contributed by atoms with Gasteiger partial charge < -0.3 is 5.32 Å². The number of nitrogens with zero attached hydrogens (tertiary/aromatic N) is 3. The standard InChI is InChI=1S/C14H16N4O2S/c1-3-15-13-8-10(2)16-14(17-13)9-21-12-6-4-11(5-7-12)18(19)20/h4-8H,3,9H2,1-2H3,(H,15,16,17). The number of thioether (sulfide) groups is 1. The first-order chi connectivity index (χ1) is 10.1. The van der Waals surface area contributed by atoms with Crippen LogP contribution in [0.4, 0.5) is 11.5 Å². The van der Waals surface area contributed by atoms with Gasteiger partial charge in [0.2, 0.25) is 0 Å². The van der Waals surface area contributed by atoms with Gasteiger partial charge in [-0.05, 0) is 26.0 Å². The van der Waals surface area contributed by atoms with Gasteiger partial charge in [0.05, 0.1) is 10.7 Å². The van der Waals surface area contributed by atoms with Crippen LogP contribution in [-0.4, -0.2) is 21.4 Å². The Bertz CT molecular complexity index is 631. The summed E-state index contributed by atoms with van der Waals surface area (Å²) in [5.74, 6) is 2.19. The lowest BCUT2D eigenvalue weighted by Gasteiger charge is -2.06. The molecule has 7 heteroatoms. The third-order valence-corrected chi connectivity index (χ3v) is 3.68. The molecule has 1 aromatic heterocycles. The maximum atomic E-state index is 10.6. The molecule has 0 atom stereocenters. The highest BCUT2D eigenvalue weighted by molar-refractivity contribution is 7.98. The Balaban J connectivity index is 2.03. The van der Waals surface area contributed by atoms with Crippen molar-refractivity contribution in [2.45, 2.75) is 24.5 Å². The first kappa shape index (κ1) is 15.2. The van der Waals surface area contributed by atoms with E-state index in [2.05, 4.69) is 15.3 Å². The van der Waals surface area contributed by atoms with Gasteiger partial charge in [0.25, 0.3) is 5.69 Å². The number of non-ortho nitro benzene ring substituents is 1. The van der Waals surface area contributed by atoms with E-state index in [9.17, 15) is 10.1 Å². The molecule has 6 nitrogen and oxygen atoms in total. The van der Waals surface area contributed by atoms with Crippen molar-refractivity contribution in [3.8, 4) is 0 Å². The summed E-state index contributed by atoms with van der Waals surface area (Å²) in [5, 5.41) is 13.8. The van der Waals surface area contributed by atoms with Crippen molar-refractivity contribution in [3.63, 3.8) is 0 Å². The molecule has 0 saturated heterocycles. The zero-order valence-electron chi connectivity index (χ0n) is 11.9. The van der Waals surface area contributed by atoms with E-state index in [0.717, 1.165) is 28.8 Å². The smallest absolute Gasteiger partial charge is 0.269 e. The molecule has 2 aromatic rings. The van der Waals surface area contributed by atoms with Crippen LogP contribution in [0, 0.1) is 17.0 Å². The number of rotatable bonds is 6. The van der Waals surface area contributed by atoms with Crippen molar-refractivity contribution in [1.82, 2.24) is 9.97 Å². The zero-order valence-corrected chi connectivity index (χ0v) is 12.7. The van der Waals surface area contributed by atoms with Crippen LogP contribution in [0.15, 0.2) is 35.2 Å². The van der Waals surface area contributed by atoms with Crippen LogP contribution < -0.4 is 5.32 Å². The maximum Gasteiger partial charge on any atom is 0.269 e. The predicted octanol–water partition coefficient (Wildman–Crippen LogP) is 3.42. The third kappa shape index (κ3) is 4.42. The molecule has 0 aliphatic carbocycles. The molecule has 0 amide bonds. The van der Waals surface area contributed by atoms with E-state index in [1.165, 1.54) is 12.1 Å². The Morgan fingerprint density at radius 2 is 2.00 bits per heavy atom. The lowest BCUT2D eigenvalue weighted by molar-refractivity contribution is -0.384. The summed E-state index contributed by atoms with van der Waals surface area (Å²) in [6.45, 7) is 4.76. The van der Waals surface area contributed by atoms with Gasteiger partial charge in [-0.3, -0.25) is 10.1 Å². The number of aromatic nitrogens is 2. The number of hydrogen-bond acceptors (Lipinski definition) is 6. The summed E-state index contributed by atoms with van der Waals surface area (Å²) in [4.78, 5) is 20.0. The molecule has 0 aliphatic rings. The van der Waals surface area contributed by atoms with E-state index < -0.39 is 4.92 Å². The molecular weight excluding hydrogens is 288 g/mol. The van der Waals surface area contributed by atoms with Gasteiger partial charge in [-0.15, -0.1) is 11.8 Å². The fraction of sp³-hybridized carbons (Fsp3) is 0.286. The van der Waals surface area contributed by atoms with Crippen LogP contribution in [0.1, 0.15) is 18.4 Å². The Morgan fingerprint density at radius 3 is 2.62 bits per heavy atom. The van der Waals surface area contributed by atoms with Crippen LogP contribution in [0.3, 0.4) is 0 Å². The average molecular weight is 304 g/mol. The first-order valence-corrected chi connectivity index (χ1v) is 7.52. The Kier molecular flexibility index (Phi) is 5.10. The molecule has 0 radical (unpaired) electrons. The summed E-state index contributed by atoms with van der Waals surface area (Å²) < 4.78 is 0. The molecule has 0 saturated carbocycles. The molecule has 1 aromatic carbocycles. The number of nitrogens with one attached hydrogen (secondary N) is 1. The minimum atomic E-state index is -0.402. The zero-order chi connectivity index (χ0) is 15.2. The topological polar surface area (TPSA) is 81.0 Å². The molecule has 0 unspecified atom stereocenters. The number of anilines is 1. The summed E-state index contributed by atoms with van der Waals surface area (Å²) in [5.41, 5.74) is 1.01. The number of benzene rings is 1. The van der Waals surface area contributed by atoms with Gasteiger partial charge in [0, 0.05) is 35.3 Å². The lowest BCUT2D eigenvalue weighted by Crippen LogP contribution is -2.04. The van der Waals surface area contributed by atoms with Gasteiger partial charge in [-0.2, -0.15) is 0 Å². The summed E-state index contributed by atoms with van der Waals surface area (Å²) >= 11 is 1.55. The van der Waals surface area contributed by atoms with Crippen LogP contribution in [0.2, 0.25) is 0 Å². The van der Waals surface area contributed by atoms with Crippen molar-refractivity contribution in [3.05, 3.63) is 52.0 Å². The normalized spacial score (nSPS) is 10.4. The van der Waals surface area contributed by atoms with Crippen molar-refractivity contribution in [2.24, 2.45) is 0 Å². The minimum absolute atomic E-state index is 0.0978. The Morgan fingerprint density at radius 1 is 1.29 bits per heavy atom. The monoisotopic (exact) mass is 304 g/mol. The van der Waals surface area contributed by atoms with E-state index in [-0.39, 0.29) is 5.69 Å². The van der Waals surface area contributed by atoms with Gasteiger partial charge in [0.1, 0.15) is 11.6 Å². The second-order valence-electron chi connectivity index (χ2n) is 4.38. The molecule has 1 N–H and O–H groups in total. The van der Waals surface area contributed by atoms with Crippen LogP contribution in [0.5, 0.6) is 0 Å². The van der Waals surface area contributed by atoms with E-state index in [1.54, 1.807) is 23.9 Å². The van der Waals surface area contributed by atoms with Crippen molar-refractivity contribution in [1.29, 1.82) is 0 Å². The number of nitro groups is 1. The van der Waals surface area contributed by atoms with Crippen molar-refractivity contribution < 1.29 is 4.92 Å². The second kappa shape index (κ2) is 7.03. The number of nitro benzene ring substituents is 1. The van der Waals surface area contributed by atoms with E-state index in [4.69, 9.17) is 0 Å². The SMILES string of the molecule is CCNc1cc(C)nc(CSc2ccc([N+](=O)[O-])cc2)n1. The summed E-state index contributed by atoms with van der Waals surface area (Å²) in [6, 6.07) is 8.39. The molecule has 0 aliphatic heterocycles.